The van der Waals surface area contributed by atoms with Crippen LogP contribution < -0.4 is 10.3 Å². The molecule has 7 nitrogen and oxygen atoms in total. The summed E-state index contributed by atoms with van der Waals surface area (Å²) in [5.41, 5.74) is 0.591. The zero-order valence-electron chi connectivity index (χ0n) is 14.3. The first-order chi connectivity index (χ1) is 12.5. The zero-order chi connectivity index (χ0) is 18.7. The fraction of sp³-hybridized carbons (Fsp3) is 0.158. The Morgan fingerprint density at radius 1 is 1.04 bits per heavy atom. The van der Waals surface area contributed by atoms with Gasteiger partial charge in [-0.05, 0) is 30.3 Å². The lowest BCUT2D eigenvalue weighted by Gasteiger charge is -2.08. The summed E-state index contributed by atoms with van der Waals surface area (Å²) >= 11 is 0. The molecule has 3 aromatic rings. The number of carbonyl (C=O) groups excluding carboxylic acids is 2. The van der Waals surface area contributed by atoms with E-state index in [-0.39, 0.29) is 12.0 Å². The number of ether oxygens (including phenoxy) is 2. The van der Waals surface area contributed by atoms with Gasteiger partial charge in [-0.2, -0.15) is 5.10 Å². The summed E-state index contributed by atoms with van der Waals surface area (Å²) < 4.78 is 11.1. The molecular formula is C19H16N2O5. The van der Waals surface area contributed by atoms with Crippen LogP contribution in [0.3, 0.4) is 0 Å². The maximum Gasteiger partial charge on any atom is 0.337 e. The van der Waals surface area contributed by atoms with E-state index in [2.05, 4.69) is 9.84 Å². The Morgan fingerprint density at radius 2 is 1.69 bits per heavy atom. The summed E-state index contributed by atoms with van der Waals surface area (Å²) in [6.45, 7) is 0. The number of aryl methyl sites for hydroxylation is 1. The minimum atomic E-state index is -0.521. The molecule has 0 radical (unpaired) electrons. The van der Waals surface area contributed by atoms with Crippen LogP contribution in [0.4, 0.5) is 0 Å². The Kier molecular flexibility index (Phi) is 4.79. The lowest BCUT2D eigenvalue weighted by atomic mass is 10.1. The van der Waals surface area contributed by atoms with Gasteiger partial charge in [0, 0.05) is 12.4 Å². The normalized spacial score (nSPS) is 10.5. The molecular weight excluding hydrogens is 336 g/mol. The van der Waals surface area contributed by atoms with Crippen LogP contribution in [0.15, 0.2) is 53.3 Å². The first-order valence-electron chi connectivity index (χ1n) is 7.83. The molecule has 0 aliphatic carbocycles. The van der Waals surface area contributed by atoms with Gasteiger partial charge in [0.25, 0.3) is 5.56 Å². The highest BCUT2D eigenvalue weighted by Crippen LogP contribution is 2.16. The predicted molar refractivity (Wildman–Crippen MR) is 94.1 cm³/mol. The number of hydrogen-bond acceptors (Lipinski definition) is 6. The summed E-state index contributed by atoms with van der Waals surface area (Å²) in [7, 11) is 2.83. The molecule has 2 aromatic carbocycles. The fourth-order valence-electron chi connectivity index (χ4n) is 2.59. The molecule has 26 heavy (non-hydrogen) atoms. The van der Waals surface area contributed by atoms with Crippen molar-refractivity contribution in [2.75, 3.05) is 7.11 Å². The van der Waals surface area contributed by atoms with Crippen molar-refractivity contribution in [3.63, 3.8) is 0 Å². The van der Waals surface area contributed by atoms with Crippen molar-refractivity contribution in [2.24, 2.45) is 7.05 Å². The summed E-state index contributed by atoms with van der Waals surface area (Å²) in [5.74, 6) is -0.687. The SMILES string of the molecule is COC(=O)c1ccc(OC(=O)Cc2nn(C)c(=O)c3ccccc23)cc1. The first kappa shape index (κ1) is 17.3. The van der Waals surface area contributed by atoms with Gasteiger partial charge in [0.2, 0.25) is 0 Å². The van der Waals surface area contributed by atoms with Gasteiger partial charge in [-0.3, -0.25) is 9.59 Å². The van der Waals surface area contributed by atoms with Gasteiger partial charge >= 0.3 is 11.9 Å². The van der Waals surface area contributed by atoms with Gasteiger partial charge in [0.05, 0.1) is 30.2 Å². The van der Waals surface area contributed by atoms with E-state index in [4.69, 9.17) is 4.74 Å². The van der Waals surface area contributed by atoms with Crippen LogP contribution in [-0.2, 0) is 23.0 Å². The van der Waals surface area contributed by atoms with Crippen molar-refractivity contribution in [1.82, 2.24) is 9.78 Å². The average molecular weight is 352 g/mol. The molecule has 0 amide bonds. The summed E-state index contributed by atoms with van der Waals surface area (Å²) in [5, 5.41) is 5.29. The third kappa shape index (κ3) is 3.46. The van der Waals surface area contributed by atoms with Gasteiger partial charge in [0.15, 0.2) is 0 Å². The molecule has 1 aromatic heterocycles. The number of methoxy groups -OCH3 is 1. The number of nitrogens with zero attached hydrogens (tertiary/aromatic N) is 2. The molecule has 132 valence electrons. The molecule has 0 saturated carbocycles. The molecule has 7 heteroatoms. The highest BCUT2D eigenvalue weighted by molar-refractivity contribution is 5.90. The van der Waals surface area contributed by atoms with Crippen LogP contribution in [0.25, 0.3) is 10.8 Å². The second kappa shape index (κ2) is 7.18. The monoisotopic (exact) mass is 352 g/mol. The van der Waals surface area contributed by atoms with Crippen molar-refractivity contribution >= 4 is 22.7 Å². The molecule has 0 bridgehead atoms. The third-order valence-electron chi connectivity index (χ3n) is 3.85. The number of carbonyl (C=O) groups is 2. The summed E-state index contributed by atoms with van der Waals surface area (Å²) in [4.78, 5) is 35.8. The topological polar surface area (TPSA) is 87.5 Å². The lowest BCUT2D eigenvalue weighted by Crippen LogP contribution is -2.23. The van der Waals surface area contributed by atoms with Gasteiger partial charge in [0.1, 0.15) is 5.75 Å². The molecule has 0 unspecified atom stereocenters. The Hall–Kier alpha value is -3.48. The molecule has 0 saturated heterocycles. The second-order valence-corrected chi connectivity index (χ2v) is 5.59. The number of benzene rings is 2. The van der Waals surface area contributed by atoms with Crippen LogP contribution in [0.1, 0.15) is 16.1 Å². The van der Waals surface area contributed by atoms with Crippen LogP contribution in [0, 0.1) is 0 Å². The van der Waals surface area contributed by atoms with E-state index in [1.807, 2.05) is 0 Å². The predicted octanol–water partition coefficient (Wildman–Crippen LogP) is 1.87. The van der Waals surface area contributed by atoms with E-state index in [9.17, 15) is 14.4 Å². The van der Waals surface area contributed by atoms with Crippen molar-refractivity contribution in [3.05, 3.63) is 70.1 Å². The average Bonchev–Trinajstić information content (AvgIpc) is 2.66. The van der Waals surface area contributed by atoms with E-state index >= 15 is 0 Å². The van der Waals surface area contributed by atoms with Crippen molar-refractivity contribution in [3.8, 4) is 5.75 Å². The van der Waals surface area contributed by atoms with Crippen molar-refractivity contribution in [1.29, 1.82) is 0 Å². The maximum atomic E-state index is 12.3. The Bertz CT molecular complexity index is 1040. The molecule has 0 atom stereocenters. The molecule has 1 heterocycles. The van der Waals surface area contributed by atoms with Gasteiger partial charge in [-0.15, -0.1) is 0 Å². The fourth-order valence-corrected chi connectivity index (χ4v) is 2.59. The molecule has 0 N–H and O–H groups in total. The smallest absolute Gasteiger partial charge is 0.337 e. The van der Waals surface area contributed by atoms with Crippen LogP contribution in [-0.4, -0.2) is 28.8 Å². The summed E-state index contributed by atoms with van der Waals surface area (Å²) in [6, 6.07) is 13.0. The highest BCUT2D eigenvalue weighted by Gasteiger charge is 2.14. The van der Waals surface area contributed by atoms with Crippen LogP contribution >= 0.6 is 0 Å². The molecule has 0 fully saturated rings. The minimum Gasteiger partial charge on any atom is -0.465 e. The summed E-state index contributed by atoms with van der Waals surface area (Å²) in [6.07, 6.45) is -0.0899. The molecule has 0 aliphatic rings. The minimum absolute atomic E-state index is 0.0899. The van der Waals surface area contributed by atoms with Crippen LogP contribution in [0.2, 0.25) is 0 Å². The highest BCUT2D eigenvalue weighted by atomic mass is 16.5. The largest absolute Gasteiger partial charge is 0.465 e. The number of aromatic nitrogens is 2. The number of esters is 2. The zero-order valence-corrected chi connectivity index (χ0v) is 14.3. The Labute approximate surface area is 148 Å². The van der Waals surface area contributed by atoms with Crippen molar-refractivity contribution in [2.45, 2.75) is 6.42 Å². The maximum absolute atomic E-state index is 12.3. The number of fused-ring (bicyclic) bond motifs is 1. The van der Waals surface area contributed by atoms with E-state index < -0.39 is 11.9 Å². The first-order valence-corrected chi connectivity index (χ1v) is 7.83. The number of hydrogen-bond donors (Lipinski definition) is 0. The van der Waals surface area contributed by atoms with Crippen molar-refractivity contribution < 1.29 is 19.1 Å². The quantitative estimate of drug-likeness (QED) is 0.526. The third-order valence-corrected chi connectivity index (χ3v) is 3.85. The number of rotatable bonds is 4. The second-order valence-electron chi connectivity index (χ2n) is 5.59. The van der Waals surface area contributed by atoms with Gasteiger partial charge < -0.3 is 9.47 Å². The van der Waals surface area contributed by atoms with E-state index in [0.29, 0.717) is 27.8 Å². The lowest BCUT2D eigenvalue weighted by molar-refractivity contribution is -0.133. The van der Waals surface area contributed by atoms with E-state index in [0.717, 1.165) is 0 Å². The Balaban J connectivity index is 1.81. The van der Waals surface area contributed by atoms with Gasteiger partial charge in [-0.1, -0.05) is 18.2 Å². The Morgan fingerprint density at radius 3 is 2.35 bits per heavy atom. The van der Waals surface area contributed by atoms with Gasteiger partial charge in [-0.25, -0.2) is 9.48 Å². The van der Waals surface area contributed by atoms with E-state index in [1.54, 1.807) is 24.3 Å². The molecule has 0 aliphatic heterocycles. The standard InChI is InChI=1S/C19H16N2O5/c1-21-18(23)15-6-4-3-5-14(15)16(20-21)11-17(22)26-13-9-7-12(8-10-13)19(24)25-2/h3-10H,11H2,1-2H3. The molecule has 3 rings (SSSR count). The van der Waals surface area contributed by atoms with E-state index in [1.165, 1.54) is 43.1 Å². The molecule has 0 spiro atoms. The van der Waals surface area contributed by atoms with Crippen LogP contribution in [0.5, 0.6) is 5.75 Å².